The first-order chi connectivity index (χ1) is 15.5. The van der Waals surface area contributed by atoms with E-state index < -0.39 is 29.7 Å². The third-order valence-electron chi connectivity index (χ3n) is 5.36. The van der Waals surface area contributed by atoms with Crippen LogP contribution in [0.15, 0.2) is 54.7 Å². The van der Waals surface area contributed by atoms with Crippen molar-refractivity contribution in [3.05, 3.63) is 71.5 Å². The van der Waals surface area contributed by atoms with Crippen LogP contribution in [-0.2, 0) is 16.2 Å². The first-order valence-corrected chi connectivity index (χ1v) is 9.96. The number of carbonyl (C=O) groups is 4. The second-order valence-corrected chi connectivity index (χ2v) is 7.43. The molecule has 2 aliphatic heterocycles. The van der Waals surface area contributed by atoms with E-state index in [0.29, 0.717) is 11.4 Å². The normalized spacial score (nSPS) is 18.0. The average molecular weight is 431 g/mol. The summed E-state index contributed by atoms with van der Waals surface area (Å²) in [6.07, 6.45) is 1.92. The molecule has 0 aliphatic carbocycles. The van der Waals surface area contributed by atoms with Crippen molar-refractivity contribution >= 4 is 23.6 Å². The SMILES string of the molecule is O=C1CCC(N2C(=O)c3ccc(OCc4cn(-c5ccccc5)nn4)cc3C2=O)C(=O)N1. The number of imide groups is 2. The second kappa shape index (κ2) is 7.73. The van der Waals surface area contributed by atoms with Gasteiger partial charge < -0.3 is 4.74 Å². The van der Waals surface area contributed by atoms with E-state index in [1.165, 1.54) is 12.1 Å². The van der Waals surface area contributed by atoms with E-state index in [2.05, 4.69) is 15.6 Å². The van der Waals surface area contributed by atoms with E-state index in [0.717, 1.165) is 10.6 Å². The highest BCUT2D eigenvalue weighted by Crippen LogP contribution is 2.30. The third-order valence-corrected chi connectivity index (χ3v) is 5.36. The number of fused-ring (bicyclic) bond motifs is 1. The molecule has 10 nitrogen and oxygen atoms in total. The Labute approximate surface area is 181 Å². The Morgan fingerprint density at radius 1 is 1.00 bits per heavy atom. The number of nitrogens with one attached hydrogen (secondary N) is 1. The largest absolute Gasteiger partial charge is 0.487 e. The van der Waals surface area contributed by atoms with Crippen LogP contribution >= 0.6 is 0 Å². The number of aromatic nitrogens is 3. The Balaban J connectivity index is 1.30. The van der Waals surface area contributed by atoms with Crippen LogP contribution in [0.4, 0.5) is 0 Å². The predicted octanol–water partition coefficient (Wildman–Crippen LogP) is 1.25. The average Bonchev–Trinajstić information content (AvgIpc) is 3.37. The van der Waals surface area contributed by atoms with E-state index >= 15 is 0 Å². The Kier molecular flexibility index (Phi) is 4.74. The van der Waals surface area contributed by atoms with E-state index in [-0.39, 0.29) is 30.6 Å². The van der Waals surface area contributed by atoms with Gasteiger partial charge in [0.2, 0.25) is 11.8 Å². The first-order valence-electron chi connectivity index (χ1n) is 9.96. The third kappa shape index (κ3) is 3.41. The monoisotopic (exact) mass is 431 g/mol. The lowest BCUT2D eigenvalue weighted by Gasteiger charge is -2.27. The summed E-state index contributed by atoms with van der Waals surface area (Å²) in [6.45, 7) is 0.116. The van der Waals surface area contributed by atoms with Gasteiger partial charge in [-0.1, -0.05) is 23.4 Å². The Bertz CT molecular complexity index is 1250. The zero-order chi connectivity index (χ0) is 22.2. The molecule has 160 valence electrons. The minimum atomic E-state index is -1.00. The minimum Gasteiger partial charge on any atom is -0.487 e. The number of amides is 4. The molecule has 2 aliphatic rings. The van der Waals surface area contributed by atoms with Crippen LogP contribution in [0.3, 0.4) is 0 Å². The summed E-state index contributed by atoms with van der Waals surface area (Å²) in [5.41, 5.74) is 1.80. The van der Waals surface area contributed by atoms with Gasteiger partial charge in [-0.3, -0.25) is 29.4 Å². The number of nitrogens with zero attached hydrogens (tertiary/aromatic N) is 4. The van der Waals surface area contributed by atoms with E-state index in [1.54, 1.807) is 16.9 Å². The van der Waals surface area contributed by atoms with Gasteiger partial charge >= 0.3 is 0 Å². The zero-order valence-electron chi connectivity index (χ0n) is 16.7. The molecule has 0 saturated carbocycles. The van der Waals surface area contributed by atoms with Crippen molar-refractivity contribution in [1.29, 1.82) is 0 Å². The fraction of sp³-hybridized carbons (Fsp3) is 0.182. The number of benzene rings is 2. The number of rotatable bonds is 5. The van der Waals surface area contributed by atoms with Gasteiger partial charge in [0, 0.05) is 6.42 Å². The number of para-hydroxylation sites is 1. The summed E-state index contributed by atoms with van der Waals surface area (Å²) in [6, 6.07) is 13.1. The molecule has 0 bridgehead atoms. The van der Waals surface area contributed by atoms with Crippen molar-refractivity contribution < 1.29 is 23.9 Å². The van der Waals surface area contributed by atoms with Crippen LogP contribution < -0.4 is 10.1 Å². The molecule has 3 heterocycles. The topological polar surface area (TPSA) is 123 Å². The van der Waals surface area contributed by atoms with Gasteiger partial charge in [-0.2, -0.15) is 0 Å². The van der Waals surface area contributed by atoms with Crippen LogP contribution in [0, 0.1) is 0 Å². The standard InChI is InChI=1S/C22H17N5O5/c28-19-9-8-18(20(29)23-19)27-21(30)16-7-6-15(10-17(16)22(27)31)32-12-13-11-26(25-24-13)14-4-2-1-3-5-14/h1-7,10-11,18H,8-9,12H2,(H,23,28,29). The summed E-state index contributed by atoms with van der Waals surface area (Å²) < 4.78 is 7.37. The number of hydrogen-bond donors (Lipinski definition) is 1. The molecule has 1 fully saturated rings. The van der Waals surface area contributed by atoms with Gasteiger partial charge in [-0.05, 0) is 36.8 Å². The van der Waals surface area contributed by atoms with Gasteiger partial charge in [-0.15, -0.1) is 5.10 Å². The molecule has 1 saturated heterocycles. The van der Waals surface area contributed by atoms with Crippen LogP contribution in [-0.4, -0.2) is 49.6 Å². The van der Waals surface area contributed by atoms with Gasteiger partial charge in [0.15, 0.2) is 0 Å². The van der Waals surface area contributed by atoms with Crippen molar-refractivity contribution in [2.24, 2.45) is 0 Å². The van der Waals surface area contributed by atoms with Crippen molar-refractivity contribution in [3.63, 3.8) is 0 Å². The zero-order valence-corrected chi connectivity index (χ0v) is 16.7. The number of ether oxygens (including phenoxy) is 1. The summed E-state index contributed by atoms with van der Waals surface area (Å²) in [4.78, 5) is 50.1. The van der Waals surface area contributed by atoms with Gasteiger partial charge in [-0.25, -0.2) is 4.68 Å². The molecular weight excluding hydrogens is 414 g/mol. The molecule has 10 heteroatoms. The number of carbonyl (C=O) groups excluding carboxylic acids is 4. The van der Waals surface area contributed by atoms with Crippen molar-refractivity contribution in [3.8, 4) is 11.4 Å². The maximum absolute atomic E-state index is 12.9. The Morgan fingerprint density at radius 3 is 2.56 bits per heavy atom. The van der Waals surface area contributed by atoms with Crippen LogP contribution in [0.1, 0.15) is 39.3 Å². The molecule has 1 aromatic heterocycles. The van der Waals surface area contributed by atoms with Gasteiger partial charge in [0.05, 0.1) is 23.0 Å². The molecular formula is C22H17N5O5. The molecule has 1 unspecified atom stereocenters. The highest BCUT2D eigenvalue weighted by molar-refractivity contribution is 6.23. The van der Waals surface area contributed by atoms with Crippen molar-refractivity contribution in [1.82, 2.24) is 25.2 Å². The van der Waals surface area contributed by atoms with Crippen LogP contribution in [0.5, 0.6) is 5.75 Å². The molecule has 5 rings (SSSR count). The lowest BCUT2D eigenvalue weighted by Crippen LogP contribution is -2.54. The maximum atomic E-state index is 12.9. The summed E-state index contributed by atoms with van der Waals surface area (Å²) in [7, 11) is 0. The lowest BCUT2D eigenvalue weighted by atomic mass is 10.0. The number of hydrogen-bond acceptors (Lipinski definition) is 7. The van der Waals surface area contributed by atoms with E-state index in [4.69, 9.17) is 4.74 Å². The highest BCUT2D eigenvalue weighted by atomic mass is 16.5. The minimum absolute atomic E-state index is 0.0713. The summed E-state index contributed by atoms with van der Waals surface area (Å²) >= 11 is 0. The van der Waals surface area contributed by atoms with Crippen LogP contribution in [0.2, 0.25) is 0 Å². The second-order valence-electron chi connectivity index (χ2n) is 7.43. The Hall–Kier alpha value is -4.34. The molecule has 0 spiro atoms. The number of piperidine rings is 1. The molecule has 0 radical (unpaired) electrons. The lowest BCUT2D eigenvalue weighted by molar-refractivity contribution is -0.136. The van der Waals surface area contributed by atoms with Gasteiger partial charge in [0.25, 0.3) is 11.8 Å². The predicted molar refractivity (Wildman–Crippen MR) is 109 cm³/mol. The Morgan fingerprint density at radius 2 is 1.78 bits per heavy atom. The molecule has 1 N–H and O–H groups in total. The molecule has 32 heavy (non-hydrogen) atoms. The van der Waals surface area contributed by atoms with Crippen molar-refractivity contribution in [2.75, 3.05) is 0 Å². The fourth-order valence-electron chi connectivity index (χ4n) is 3.77. The van der Waals surface area contributed by atoms with E-state index in [1.807, 2.05) is 30.3 Å². The van der Waals surface area contributed by atoms with Crippen molar-refractivity contribution in [2.45, 2.75) is 25.5 Å². The fourth-order valence-corrected chi connectivity index (χ4v) is 3.77. The maximum Gasteiger partial charge on any atom is 0.262 e. The molecule has 1 atom stereocenters. The van der Waals surface area contributed by atoms with Gasteiger partial charge in [0.1, 0.15) is 24.1 Å². The molecule has 4 amide bonds. The first kappa shape index (κ1) is 19.6. The highest BCUT2D eigenvalue weighted by Gasteiger charge is 2.44. The van der Waals surface area contributed by atoms with E-state index in [9.17, 15) is 19.2 Å². The smallest absolute Gasteiger partial charge is 0.262 e. The summed E-state index contributed by atoms with van der Waals surface area (Å²) in [5.74, 6) is -1.82. The summed E-state index contributed by atoms with van der Waals surface area (Å²) in [5, 5.41) is 10.3. The molecule has 3 aromatic rings. The quantitative estimate of drug-likeness (QED) is 0.603. The van der Waals surface area contributed by atoms with Crippen LogP contribution in [0.25, 0.3) is 5.69 Å². The molecule has 2 aromatic carbocycles.